The number of nitrogens with one attached hydrogen (secondary N) is 1. The maximum absolute atomic E-state index is 11.7. The second-order valence-corrected chi connectivity index (χ2v) is 6.28. The van der Waals surface area contributed by atoms with Gasteiger partial charge in [-0.2, -0.15) is 11.8 Å². The lowest BCUT2D eigenvalue weighted by Gasteiger charge is -2.35. The summed E-state index contributed by atoms with van der Waals surface area (Å²) in [5.41, 5.74) is 0.0876. The van der Waals surface area contributed by atoms with Gasteiger partial charge in [-0.05, 0) is 53.0 Å². The van der Waals surface area contributed by atoms with Crippen LogP contribution in [0.3, 0.4) is 0 Å². The van der Waals surface area contributed by atoms with E-state index in [9.17, 15) is 4.79 Å². The van der Waals surface area contributed by atoms with Crippen LogP contribution < -0.4 is 5.32 Å². The van der Waals surface area contributed by atoms with Crippen LogP contribution in [0.2, 0.25) is 0 Å². The molecule has 1 atom stereocenters. The molecule has 1 unspecified atom stereocenters. The largest absolute Gasteiger partial charge is 0.353 e. The molecule has 0 bridgehead atoms. The van der Waals surface area contributed by atoms with Gasteiger partial charge < -0.3 is 5.32 Å². The van der Waals surface area contributed by atoms with E-state index in [1.54, 1.807) is 11.8 Å². The molecule has 1 rings (SSSR count). The van der Waals surface area contributed by atoms with E-state index in [1.807, 2.05) is 13.2 Å². The van der Waals surface area contributed by atoms with Gasteiger partial charge in [0.1, 0.15) is 0 Å². The first kappa shape index (κ1) is 13.8. The van der Waals surface area contributed by atoms with Crippen LogP contribution in [0.5, 0.6) is 0 Å². The summed E-state index contributed by atoms with van der Waals surface area (Å²) in [6, 6.07) is 0. The molecule has 1 N–H and O–H groups in total. The van der Waals surface area contributed by atoms with Crippen molar-refractivity contribution in [3.63, 3.8) is 0 Å². The zero-order chi connectivity index (χ0) is 12.2. The number of carbonyl (C=O) groups is 1. The number of amides is 1. The Morgan fingerprint density at radius 1 is 1.44 bits per heavy atom. The van der Waals surface area contributed by atoms with Crippen LogP contribution in [0, 0.1) is 0 Å². The number of nitrogens with zero attached hydrogens (tertiary/aromatic N) is 1. The Kier molecular flexibility index (Phi) is 5.12. The van der Waals surface area contributed by atoms with Crippen LogP contribution in [-0.2, 0) is 4.79 Å². The number of hydrogen-bond acceptors (Lipinski definition) is 3. The maximum Gasteiger partial charge on any atom is 0.232 e. The Balaban J connectivity index is 2.37. The van der Waals surface area contributed by atoms with Crippen LogP contribution >= 0.6 is 11.8 Å². The van der Waals surface area contributed by atoms with Crippen molar-refractivity contribution in [3.8, 4) is 0 Å². The summed E-state index contributed by atoms with van der Waals surface area (Å²) in [5, 5.41) is 3.10. The van der Waals surface area contributed by atoms with Crippen LogP contribution in [0.25, 0.3) is 0 Å². The van der Waals surface area contributed by atoms with Gasteiger partial charge in [0.05, 0.1) is 5.25 Å². The molecule has 0 aromatic rings. The highest BCUT2D eigenvalue weighted by molar-refractivity contribution is 7.99. The molecule has 0 saturated carbocycles. The van der Waals surface area contributed by atoms with Gasteiger partial charge in [-0.1, -0.05) is 0 Å². The SMILES string of the molecule is CSC(C)C(=O)NCC(C)(C)N1CCCC1. The molecule has 1 saturated heterocycles. The van der Waals surface area contributed by atoms with Crippen molar-refractivity contribution in [2.24, 2.45) is 0 Å². The van der Waals surface area contributed by atoms with Crippen molar-refractivity contribution in [1.82, 2.24) is 10.2 Å². The highest BCUT2D eigenvalue weighted by Crippen LogP contribution is 2.20. The summed E-state index contributed by atoms with van der Waals surface area (Å²) in [4.78, 5) is 14.2. The average Bonchev–Trinajstić information content (AvgIpc) is 2.78. The van der Waals surface area contributed by atoms with Gasteiger partial charge in [-0.15, -0.1) is 0 Å². The normalized spacial score (nSPS) is 19.8. The van der Waals surface area contributed by atoms with Crippen molar-refractivity contribution >= 4 is 17.7 Å². The van der Waals surface area contributed by atoms with Crippen LogP contribution in [0.1, 0.15) is 33.6 Å². The minimum absolute atomic E-state index is 0.0504. The zero-order valence-corrected chi connectivity index (χ0v) is 11.7. The predicted octanol–water partition coefficient (Wildman–Crippen LogP) is 1.73. The quantitative estimate of drug-likeness (QED) is 0.799. The molecule has 1 aliphatic heterocycles. The lowest BCUT2D eigenvalue weighted by atomic mass is 10.0. The second-order valence-electron chi connectivity index (χ2n) is 5.10. The van der Waals surface area contributed by atoms with E-state index in [-0.39, 0.29) is 16.7 Å². The number of rotatable bonds is 5. The molecule has 94 valence electrons. The van der Waals surface area contributed by atoms with E-state index < -0.39 is 0 Å². The topological polar surface area (TPSA) is 32.3 Å². The van der Waals surface area contributed by atoms with Gasteiger partial charge >= 0.3 is 0 Å². The number of carbonyl (C=O) groups excluding carboxylic acids is 1. The van der Waals surface area contributed by atoms with Crippen molar-refractivity contribution in [3.05, 3.63) is 0 Å². The fraction of sp³-hybridized carbons (Fsp3) is 0.917. The summed E-state index contributed by atoms with van der Waals surface area (Å²) in [7, 11) is 0. The van der Waals surface area contributed by atoms with E-state index in [0.29, 0.717) is 0 Å². The predicted molar refractivity (Wildman–Crippen MR) is 70.9 cm³/mol. The van der Waals surface area contributed by atoms with E-state index >= 15 is 0 Å². The first-order valence-corrected chi connectivity index (χ1v) is 7.32. The Morgan fingerprint density at radius 3 is 2.50 bits per heavy atom. The van der Waals surface area contributed by atoms with Gasteiger partial charge in [0, 0.05) is 12.1 Å². The molecule has 1 fully saturated rings. The molecule has 4 heteroatoms. The first-order chi connectivity index (χ1) is 7.47. The average molecular weight is 244 g/mol. The third-order valence-corrected chi connectivity index (χ3v) is 4.30. The second kappa shape index (κ2) is 5.92. The summed E-state index contributed by atoms with van der Waals surface area (Å²) in [6.45, 7) is 9.45. The summed E-state index contributed by atoms with van der Waals surface area (Å²) in [6.07, 6.45) is 4.55. The lowest BCUT2D eigenvalue weighted by molar-refractivity contribution is -0.120. The fourth-order valence-corrected chi connectivity index (χ4v) is 2.29. The number of likely N-dealkylation sites (tertiary alicyclic amines) is 1. The molecule has 0 aromatic carbocycles. The van der Waals surface area contributed by atoms with E-state index in [4.69, 9.17) is 0 Å². The lowest BCUT2D eigenvalue weighted by Crippen LogP contribution is -2.51. The van der Waals surface area contributed by atoms with Gasteiger partial charge in [0.2, 0.25) is 5.91 Å². The third kappa shape index (κ3) is 3.67. The molecule has 0 spiro atoms. The molecule has 0 aliphatic carbocycles. The van der Waals surface area contributed by atoms with Crippen LogP contribution in [0.15, 0.2) is 0 Å². The highest BCUT2D eigenvalue weighted by Gasteiger charge is 2.29. The molecule has 3 nitrogen and oxygen atoms in total. The molecule has 0 radical (unpaired) electrons. The Labute approximate surface area is 103 Å². The van der Waals surface area contributed by atoms with Crippen molar-refractivity contribution in [2.75, 3.05) is 25.9 Å². The fourth-order valence-electron chi connectivity index (χ4n) is 1.99. The minimum atomic E-state index is 0.0504. The van der Waals surface area contributed by atoms with Crippen LogP contribution in [-0.4, -0.2) is 47.5 Å². The van der Waals surface area contributed by atoms with Crippen molar-refractivity contribution < 1.29 is 4.79 Å². The Hall–Kier alpha value is -0.220. The van der Waals surface area contributed by atoms with E-state index in [1.165, 1.54) is 25.9 Å². The molecule has 1 heterocycles. The summed E-state index contributed by atoms with van der Waals surface area (Å²) in [5.74, 6) is 0.153. The molecular weight excluding hydrogens is 220 g/mol. The molecule has 1 aliphatic rings. The zero-order valence-electron chi connectivity index (χ0n) is 10.9. The highest BCUT2D eigenvalue weighted by atomic mass is 32.2. The van der Waals surface area contributed by atoms with Gasteiger partial charge in [0.25, 0.3) is 0 Å². The number of hydrogen-bond donors (Lipinski definition) is 1. The van der Waals surface area contributed by atoms with Crippen molar-refractivity contribution in [1.29, 1.82) is 0 Å². The minimum Gasteiger partial charge on any atom is -0.353 e. The third-order valence-electron chi connectivity index (χ3n) is 3.38. The van der Waals surface area contributed by atoms with E-state index in [2.05, 4.69) is 24.1 Å². The van der Waals surface area contributed by atoms with E-state index in [0.717, 1.165) is 6.54 Å². The standard InChI is InChI=1S/C12H24N2OS/c1-10(16-4)11(15)13-9-12(2,3)14-7-5-6-8-14/h10H,5-9H2,1-4H3,(H,13,15). The Bertz CT molecular complexity index is 237. The summed E-state index contributed by atoms with van der Waals surface area (Å²) >= 11 is 1.59. The molecule has 0 aromatic heterocycles. The first-order valence-electron chi connectivity index (χ1n) is 6.03. The maximum atomic E-state index is 11.7. The molecular formula is C12H24N2OS. The van der Waals surface area contributed by atoms with Gasteiger partial charge in [0.15, 0.2) is 0 Å². The van der Waals surface area contributed by atoms with Crippen LogP contribution in [0.4, 0.5) is 0 Å². The monoisotopic (exact) mass is 244 g/mol. The Morgan fingerprint density at radius 2 is 2.00 bits per heavy atom. The summed E-state index contributed by atoms with van der Waals surface area (Å²) < 4.78 is 0. The van der Waals surface area contributed by atoms with Gasteiger partial charge in [-0.3, -0.25) is 9.69 Å². The smallest absolute Gasteiger partial charge is 0.232 e. The van der Waals surface area contributed by atoms with Crippen molar-refractivity contribution in [2.45, 2.75) is 44.4 Å². The molecule has 16 heavy (non-hydrogen) atoms. The number of thioether (sulfide) groups is 1. The van der Waals surface area contributed by atoms with Gasteiger partial charge in [-0.25, -0.2) is 0 Å². The molecule has 1 amide bonds.